The molecule has 17 heavy (non-hydrogen) atoms. The molecule has 0 aliphatic heterocycles. The molecular formula is C13H15N3O. The number of methoxy groups -OCH3 is 1. The first-order valence-corrected chi connectivity index (χ1v) is 5.40. The van der Waals surface area contributed by atoms with Crippen molar-refractivity contribution in [2.24, 2.45) is 0 Å². The summed E-state index contributed by atoms with van der Waals surface area (Å²) in [5, 5.41) is 8.00. The number of rotatable bonds is 3. The van der Waals surface area contributed by atoms with Gasteiger partial charge in [-0.25, -0.2) is 0 Å². The molecule has 1 heterocycles. The van der Waals surface area contributed by atoms with Crippen molar-refractivity contribution in [2.75, 3.05) is 12.8 Å². The number of nitrogens with zero attached hydrogens (tertiary/aromatic N) is 2. The highest BCUT2D eigenvalue weighted by Crippen LogP contribution is 2.18. The van der Waals surface area contributed by atoms with Gasteiger partial charge in [-0.3, -0.25) is 0 Å². The average Bonchev–Trinajstić information content (AvgIpc) is 2.29. The predicted octanol–water partition coefficient (Wildman–Crippen LogP) is 1.97. The van der Waals surface area contributed by atoms with E-state index in [1.807, 2.05) is 6.07 Å². The minimum atomic E-state index is 0.373. The number of hydrogen-bond donors (Lipinski definition) is 1. The molecular weight excluding hydrogens is 214 g/mol. The lowest BCUT2D eigenvalue weighted by atomic mass is 10.1. The van der Waals surface area contributed by atoms with Crippen molar-refractivity contribution in [3.63, 3.8) is 0 Å². The number of aryl methyl sites for hydroxylation is 1. The fourth-order valence-electron chi connectivity index (χ4n) is 1.71. The van der Waals surface area contributed by atoms with E-state index in [1.54, 1.807) is 6.07 Å². The van der Waals surface area contributed by atoms with Crippen molar-refractivity contribution < 1.29 is 4.74 Å². The Morgan fingerprint density at radius 1 is 1.24 bits per heavy atom. The summed E-state index contributed by atoms with van der Waals surface area (Å²) in [4.78, 5) is 0. The summed E-state index contributed by atoms with van der Waals surface area (Å²) in [6.45, 7) is 2.07. The van der Waals surface area contributed by atoms with Gasteiger partial charge in [0, 0.05) is 6.42 Å². The third-order valence-corrected chi connectivity index (χ3v) is 2.50. The Labute approximate surface area is 100 Å². The first-order valence-electron chi connectivity index (χ1n) is 5.40. The maximum absolute atomic E-state index is 5.79. The number of nitrogen functional groups attached to an aromatic ring is 1. The van der Waals surface area contributed by atoms with Crippen LogP contribution in [0.1, 0.15) is 16.8 Å². The van der Waals surface area contributed by atoms with Gasteiger partial charge in [-0.05, 0) is 18.6 Å². The molecule has 0 unspecified atom stereocenters. The van der Waals surface area contributed by atoms with Crippen molar-refractivity contribution in [1.82, 2.24) is 10.2 Å². The predicted molar refractivity (Wildman–Crippen MR) is 67.0 cm³/mol. The molecule has 0 saturated carbocycles. The van der Waals surface area contributed by atoms with Crippen LogP contribution >= 0.6 is 0 Å². The number of ether oxygens (including phenoxy) is 1. The van der Waals surface area contributed by atoms with Gasteiger partial charge in [0.2, 0.25) is 0 Å². The Hall–Kier alpha value is -2.10. The number of hydrogen-bond acceptors (Lipinski definition) is 4. The van der Waals surface area contributed by atoms with E-state index >= 15 is 0 Å². The molecule has 4 heteroatoms. The zero-order valence-electron chi connectivity index (χ0n) is 9.97. The molecule has 1 aromatic carbocycles. The van der Waals surface area contributed by atoms with Gasteiger partial charge in [-0.15, -0.1) is 5.10 Å². The first-order chi connectivity index (χ1) is 8.19. The fraction of sp³-hybridized carbons (Fsp3) is 0.231. The summed E-state index contributed by atoms with van der Waals surface area (Å²) in [5.41, 5.74) is 9.58. The summed E-state index contributed by atoms with van der Waals surface area (Å²) in [5.74, 6) is 0.373. The van der Waals surface area contributed by atoms with E-state index in [0.717, 1.165) is 12.1 Å². The highest BCUT2D eigenvalue weighted by atomic mass is 16.5. The van der Waals surface area contributed by atoms with Crippen molar-refractivity contribution in [3.05, 3.63) is 47.2 Å². The molecule has 0 atom stereocenters. The fourth-order valence-corrected chi connectivity index (χ4v) is 1.71. The molecule has 0 spiro atoms. The number of benzene rings is 1. The molecule has 0 fully saturated rings. The highest BCUT2D eigenvalue weighted by Gasteiger charge is 2.05. The number of nitrogens with two attached hydrogens (primary N) is 1. The molecule has 0 amide bonds. The van der Waals surface area contributed by atoms with Crippen LogP contribution in [0.3, 0.4) is 0 Å². The van der Waals surface area contributed by atoms with E-state index in [2.05, 4.69) is 35.3 Å². The molecule has 1 aromatic heterocycles. The molecule has 0 radical (unpaired) electrons. The lowest BCUT2D eigenvalue weighted by molar-refractivity contribution is 0.393. The summed E-state index contributed by atoms with van der Waals surface area (Å²) in [6.07, 6.45) is 0.725. The number of aromatic nitrogens is 2. The van der Waals surface area contributed by atoms with Crippen LogP contribution in [0.4, 0.5) is 5.69 Å². The zero-order chi connectivity index (χ0) is 12.3. The van der Waals surface area contributed by atoms with Crippen LogP contribution in [0.15, 0.2) is 30.3 Å². The SMILES string of the molecule is COc1nnc(Cc2cccc(C)c2)cc1N. The van der Waals surface area contributed by atoms with Gasteiger partial charge in [0.05, 0.1) is 18.5 Å². The van der Waals surface area contributed by atoms with Crippen LogP contribution in [0.2, 0.25) is 0 Å². The van der Waals surface area contributed by atoms with Crippen LogP contribution in [-0.2, 0) is 6.42 Å². The molecule has 0 aliphatic carbocycles. The van der Waals surface area contributed by atoms with Gasteiger partial charge >= 0.3 is 0 Å². The van der Waals surface area contributed by atoms with E-state index in [-0.39, 0.29) is 0 Å². The Morgan fingerprint density at radius 3 is 2.71 bits per heavy atom. The van der Waals surface area contributed by atoms with Gasteiger partial charge in [0.1, 0.15) is 0 Å². The Balaban J connectivity index is 2.22. The monoisotopic (exact) mass is 229 g/mol. The molecule has 0 bridgehead atoms. The second-order valence-corrected chi connectivity index (χ2v) is 3.97. The topological polar surface area (TPSA) is 61.0 Å². The standard InChI is InChI=1S/C13H15N3O/c1-9-4-3-5-10(6-9)7-11-8-12(14)13(17-2)16-15-11/h3-6,8H,7H2,1-2H3,(H2,14,15). The first kappa shape index (κ1) is 11.4. The van der Waals surface area contributed by atoms with Crippen LogP contribution in [0.5, 0.6) is 5.88 Å². The van der Waals surface area contributed by atoms with Crippen molar-refractivity contribution in [3.8, 4) is 5.88 Å². The highest BCUT2D eigenvalue weighted by molar-refractivity contribution is 5.48. The lowest BCUT2D eigenvalue weighted by Crippen LogP contribution is -2.01. The Kier molecular flexibility index (Phi) is 3.23. The molecule has 2 N–H and O–H groups in total. The molecule has 0 aliphatic rings. The maximum Gasteiger partial charge on any atom is 0.256 e. The van der Waals surface area contributed by atoms with Gasteiger partial charge in [0.15, 0.2) is 0 Å². The van der Waals surface area contributed by atoms with Crippen LogP contribution in [0, 0.1) is 6.92 Å². The Bertz CT molecular complexity index is 526. The van der Waals surface area contributed by atoms with E-state index in [9.17, 15) is 0 Å². The molecule has 2 rings (SSSR count). The van der Waals surface area contributed by atoms with Gasteiger partial charge in [-0.1, -0.05) is 29.8 Å². The minimum Gasteiger partial charge on any atom is -0.478 e. The number of anilines is 1. The van der Waals surface area contributed by atoms with E-state index in [4.69, 9.17) is 10.5 Å². The van der Waals surface area contributed by atoms with Crippen molar-refractivity contribution >= 4 is 5.69 Å². The van der Waals surface area contributed by atoms with Crippen LogP contribution in [0.25, 0.3) is 0 Å². The minimum absolute atomic E-state index is 0.373. The zero-order valence-corrected chi connectivity index (χ0v) is 9.97. The quantitative estimate of drug-likeness (QED) is 0.874. The Morgan fingerprint density at radius 2 is 2.06 bits per heavy atom. The lowest BCUT2D eigenvalue weighted by Gasteiger charge is -2.05. The summed E-state index contributed by atoms with van der Waals surface area (Å²) >= 11 is 0. The van der Waals surface area contributed by atoms with E-state index < -0.39 is 0 Å². The van der Waals surface area contributed by atoms with Crippen LogP contribution in [-0.4, -0.2) is 17.3 Å². The van der Waals surface area contributed by atoms with Gasteiger partial charge < -0.3 is 10.5 Å². The maximum atomic E-state index is 5.79. The second-order valence-electron chi connectivity index (χ2n) is 3.97. The third kappa shape index (κ3) is 2.72. The summed E-state index contributed by atoms with van der Waals surface area (Å²) in [6, 6.07) is 10.1. The van der Waals surface area contributed by atoms with Gasteiger partial charge in [0.25, 0.3) is 5.88 Å². The van der Waals surface area contributed by atoms with E-state index in [0.29, 0.717) is 11.6 Å². The van der Waals surface area contributed by atoms with E-state index in [1.165, 1.54) is 18.2 Å². The normalized spacial score (nSPS) is 10.2. The van der Waals surface area contributed by atoms with Crippen molar-refractivity contribution in [2.45, 2.75) is 13.3 Å². The molecule has 0 saturated heterocycles. The third-order valence-electron chi connectivity index (χ3n) is 2.50. The molecule has 2 aromatic rings. The summed E-state index contributed by atoms with van der Waals surface area (Å²) in [7, 11) is 1.53. The average molecular weight is 229 g/mol. The smallest absolute Gasteiger partial charge is 0.256 e. The molecule has 88 valence electrons. The molecule has 4 nitrogen and oxygen atoms in total. The van der Waals surface area contributed by atoms with Gasteiger partial charge in [-0.2, -0.15) is 5.10 Å². The largest absolute Gasteiger partial charge is 0.478 e. The summed E-state index contributed by atoms with van der Waals surface area (Å²) < 4.78 is 4.97. The van der Waals surface area contributed by atoms with Crippen molar-refractivity contribution in [1.29, 1.82) is 0 Å². The van der Waals surface area contributed by atoms with Crippen LogP contribution < -0.4 is 10.5 Å². The second kappa shape index (κ2) is 4.82.